The normalized spacial score (nSPS) is 39.8. The molecule has 0 spiro atoms. The predicted octanol–water partition coefficient (Wildman–Crippen LogP) is -0.524. The van der Waals surface area contributed by atoms with Crippen LogP contribution in [0.1, 0.15) is 12.8 Å². The summed E-state index contributed by atoms with van der Waals surface area (Å²) in [4.78, 5) is 0. The molecule has 1 aliphatic heterocycles. The van der Waals surface area contributed by atoms with Crippen molar-refractivity contribution in [1.82, 2.24) is 0 Å². The van der Waals surface area contributed by atoms with E-state index in [4.69, 9.17) is 14.9 Å². The fraction of sp³-hybridized carbons (Fsp3) is 1.00. The summed E-state index contributed by atoms with van der Waals surface area (Å²) in [6.45, 7) is 0.568. The molecule has 1 aliphatic rings. The second-order valence-electron chi connectivity index (χ2n) is 1.97. The van der Waals surface area contributed by atoms with Crippen LogP contribution in [0, 0.1) is 0 Å². The fourth-order valence-corrected chi connectivity index (χ4v) is 0.750. The molecule has 0 aromatic heterocycles. The Labute approximate surface area is 47.9 Å². The van der Waals surface area contributed by atoms with Gasteiger partial charge in [-0.1, -0.05) is 0 Å². The average molecular weight is 118 g/mol. The Morgan fingerprint density at radius 3 is 2.50 bits per heavy atom. The molecule has 0 bridgehead atoms. The van der Waals surface area contributed by atoms with Gasteiger partial charge in [-0.25, -0.2) is 0 Å². The van der Waals surface area contributed by atoms with Gasteiger partial charge in [-0.05, 0) is 12.8 Å². The summed E-state index contributed by atoms with van der Waals surface area (Å²) < 4.78 is 4.70. The molecule has 1 heterocycles. The third-order valence-electron chi connectivity index (χ3n) is 1.26. The van der Waals surface area contributed by atoms with E-state index in [1.807, 2.05) is 0 Å². The monoisotopic (exact) mass is 118 g/mol. The Bertz CT molecular complexity index is 64.1. The zero-order chi connectivity index (χ0) is 5.98. The van der Waals surface area contributed by atoms with Crippen LogP contribution in [0.15, 0.2) is 0 Å². The molecule has 0 aromatic rings. The van der Waals surface area contributed by atoms with Crippen molar-refractivity contribution in [2.24, 2.45) is 0 Å². The standard InChI is InChI=1S/C5H10O3/c6-4-2-1-3-8-5(4)7/h4-7H,1-3H2/t4-,5+/m1/s1. The Morgan fingerprint density at radius 2 is 2.12 bits per heavy atom. The number of ether oxygens (including phenoxy) is 1. The van der Waals surface area contributed by atoms with Gasteiger partial charge in [0.2, 0.25) is 0 Å². The fourth-order valence-electron chi connectivity index (χ4n) is 0.750. The van der Waals surface area contributed by atoms with E-state index in [-0.39, 0.29) is 0 Å². The van der Waals surface area contributed by atoms with Crippen LogP contribution < -0.4 is 0 Å². The minimum atomic E-state index is -0.941. The van der Waals surface area contributed by atoms with Crippen molar-refractivity contribution in [3.8, 4) is 0 Å². The zero-order valence-corrected chi connectivity index (χ0v) is 4.58. The molecule has 1 fully saturated rings. The summed E-state index contributed by atoms with van der Waals surface area (Å²) in [5, 5.41) is 17.5. The number of aliphatic hydroxyl groups is 2. The molecule has 3 heteroatoms. The molecule has 0 amide bonds. The van der Waals surface area contributed by atoms with Crippen LogP contribution in [0.2, 0.25) is 0 Å². The number of hydrogen-bond donors (Lipinski definition) is 2. The second-order valence-corrected chi connectivity index (χ2v) is 1.97. The van der Waals surface area contributed by atoms with E-state index in [0.717, 1.165) is 6.42 Å². The maximum atomic E-state index is 8.80. The summed E-state index contributed by atoms with van der Waals surface area (Å²) in [5.41, 5.74) is 0. The van der Waals surface area contributed by atoms with Crippen LogP contribution in [-0.2, 0) is 4.74 Å². The lowest BCUT2D eigenvalue weighted by Crippen LogP contribution is -2.33. The van der Waals surface area contributed by atoms with Gasteiger partial charge in [0.15, 0.2) is 6.29 Å². The van der Waals surface area contributed by atoms with Crippen LogP contribution in [0.25, 0.3) is 0 Å². The van der Waals surface area contributed by atoms with Gasteiger partial charge in [-0.3, -0.25) is 0 Å². The smallest absolute Gasteiger partial charge is 0.180 e. The minimum Gasteiger partial charge on any atom is -0.388 e. The van der Waals surface area contributed by atoms with Gasteiger partial charge in [0, 0.05) is 6.61 Å². The van der Waals surface area contributed by atoms with Crippen LogP contribution >= 0.6 is 0 Å². The van der Waals surface area contributed by atoms with Crippen molar-refractivity contribution in [3.63, 3.8) is 0 Å². The van der Waals surface area contributed by atoms with Gasteiger partial charge in [0.05, 0.1) is 0 Å². The van der Waals surface area contributed by atoms with Crippen LogP contribution in [0.5, 0.6) is 0 Å². The van der Waals surface area contributed by atoms with Crippen LogP contribution in [0.4, 0.5) is 0 Å². The van der Waals surface area contributed by atoms with Gasteiger partial charge >= 0.3 is 0 Å². The Kier molecular flexibility index (Phi) is 1.83. The third-order valence-corrected chi connectivity index (χ3v) is 1.26. The predicted molar refractivity (Wildman–Crippen MR) is 27.2 cm³/mol. The Hall–Kier alpha value is -0.120. The molecule has 2 N–H and O–H groups in total. The van der Waals surface area contributed by atoms with E-state index in [0.29, 0.717) is 13.0 Å². The lowest BCUT2D eigenvalue weighted by Gasteiger charge is -2.22. The first-order valence-electron chi connectivity index (χ1n) is 2.78. The van der Waals surface area contributed by atoms with Crippen LogP contribution in [0.3, 0.4) is 0 Å². The van der Waals surface area contributed by atoms with Crippen molar-refractivity contribution in [2.45, 2.75) is 25.2 Å². The molecule has 1 rings (SSSR count). The molecule has 0 aromatic carbocycles. The highest BCUT2D eigenvalue weighted by Crippen LogP contribution is 2.10. The van der Waals surface area contributed by atoms with Gasteiger partial charge in [-0.2, -0.15) is 0 Å². The molecule has 48 valence electrons. The average Bonchev–Trinajstić information content (AvgIpc) is 1.77. The lowest BCUT2D eigenvalue weighted by molar-refractivity contribution is -0.185. The van der Waals surface area contributed by atoms with E-state index in [1.165, 1.54) is 0 Å². The molecule has 8 heavy (non-hydrogen) atoms. The molecule has 0 unspecified atom stereocenters. The number of hydrogen-bond acceptors (Lipinski definition) is 3. The van der Waals surface area contributed by atoms with E-state index < -0.39 is 12.4 Å². The first kappa shape index (κ1) is 6.01. The van der Waals surface area contributed by atoms with Crippen LogP contribution in [-0.4, -0.2) is 29.2 Å². The Balaban J connectivity index is 2.28. The first-order valence-corrected chi connectivity index (χ1v) is 2.78. The van der Waals surface area contributed by atoms with E-state index in [9.17, 15) is 0 Å². The highest BCUT2D eigenvalue weighted by molar-refractivity contribution is 4.62. The summed E-state index contributed by atoms with van der Waals surface area (Å²) in [5.74, 6) is 0. The highest BCUT2D eigenvalue weighted by atomic mass is 16.6. The number of aliphatic hydroxyl groups excluding tert-OH is 2. The number of rotatable bonds is 0. The quantitative estimate of drug-likeness (QED) is 0.450. The highest BCUT2D eigenvalue weighted by Gasteiger charge is 2.20. The maximum Gasteiger partial charge on any atom is 0.180 e. The molecule has 2 atom stereocenters. The molecule has 0 radical (unpaired) electrons. The van der Waals surface area contributed by atoms with E-state index >= 15 is 0 Å². The zero-order valence-electron chi connectivity index (χ0n) is 4.58. The molecular weight excluding hydrogens is 108 g/mol. The van der Waals surface area contributed by atoms with E-state index in [2.05, 4.69) is 0 Å². The van der Waals surface area contributed by atoms with Gasteiger partial charge < -0.3 is 14.9 Å². The molecule has 0 saturated carbocycles. The molecular formula is C5H10O3. The Morgan fingerprint density at radius 1 is 1.38 bits per heavy atom. The lowest BCUT2D eigenvalue weighted by atomic mass is 10.1. The van der Waals surface area contributed by atoms with E-state index in [1.54, 1.807) is 0 Å². The largest absolute Gasteiger partial charge is 0.388 e. The third kappa shape index (κ3) is 1.18. The van der Waals surface area contributed by atoms with Gasteiger partial charge in [0.1, 0.15) is 6.10 Å². The van der Waals surface area contributed by atoms with Crippen molar-refractivity contribution < 1.29 is 14.9 Å². The SMILES string of the molecule is O[C@@H]1CCCO[C@@H]1O. The van der Waals surface area contributed by atoms with Crippen molar-refractivity contribution in [3.05, 3.63) is 0 Å². The maximum absolute atomic E-state index is 8.80. The van der Waals surface area contributed by atoms with Crippen molar-refractivity contribution >= 4 is 0 Å². The summed E-state index contributed by atoms with van der Waals surface area (Å²) >= 11 is 0. The first-order chi connectivity index (χ1) is 3.80. The van der Waals surface area contributed by atoms with Crippen molar-refractivity contribution in [2.75, 3.05) is 6.61 Å². The summed E-state index contributed by atoms with van der Waals surface area (Å²) in [6, 6.07) is 0. The second kappa shape index (κ2) is 2.44. The summed E-state index contributed by atoms with van der Waals surface area (Å²) in [7, 11) is 0. The molecule has 3 nitrogen and oxygen atoms in total. The summed E-state index contributed by atoms with van der Waals surface area (Å²) in [6.07, 6.45) is -0.105. The molecule has 1 saturated heterocycles. The van der Waals surface area contributed by atoms with Gasteiger partial charge in [-0.15, -0.1) is 0 Å². The van der Waals surface area contributed by atoms with Crippen molar-refractivity contribution in [1.29, 1.82) is 0 Å². The minimum absolute atomic E-state index is 0.568. The molecule has 0 aliphatic carbocycles. The topological polar surface area (TPSA) is 49.7 Å². The van der Waals surface area contributed by atoms with Gasteiger partial charge in [0.25, 0.3) is 0 Å².